The van der Waals surface area contributed by atoms with E-state index >= 15 is 0 Å². The summed E-state index contributed by atoms with van der Waals surface area (Å²) in [4.78, 5) is 1.96. The molecule has 2 rings (SSSR count). The van der Waals surface area contributed by atoms with E-state index < -0.39 is 0 Å². The van der Waals surface area contributed by atoms with Crippen LogP contribution in [0.1, 0.15) is 11.1 Å². The summed E-state index contributed by atoms with van der Waals surface area (Å²) >= 11 is 6.21. The Kier molecular flexibility index (Phi) is 4.50. The van der Waals surface area contributed by atoms with Crippen LogP contribution in [0.5, 0.6) is 0 Å². The minimum absolute atomic E-state index is 0.178. The largest absolute Gasteiger partial charge is 0.379 e. The SMILES string of the molecule is Cc1ccc(CNc2cccc(Cl)c2N(C)C)cc1F. The van der Waals surface area contributed by atoms with Crippen molar-refractivity contribution in [3.63, 3.8) is 0 Å². The Morgan fingerprint density at radius 2 is 1.95 bits per heavy atom. The molecule has 0 radical (unpaired) electrons. The number of para-hydroxylation sites is 1. The predicted octanol–water partition coefficient (Wildman–Crippen LogP) is 4.47. The predicted molar refractivity (Wildman–Crippen MR) is 84.2 cm³/mol. The normalized spacial score (nSPS) is 10.4. The van der Waals surface area contributed by atoms with Gasteiger partial charge < -0.3 is 10.2 Å². The Morgan fingerprint density at radius 3 is 2.60 bits per heavy atom. The van der Waals surface area contributed by atoms with Crippen molar-refractivity contribution < 1.29 is 4.39 Å². The molecule has 0 aliphatic carbocycles. The summed E-state index contributed by atoms with van der Waals surface area (Å²) in [5.74, 6) is -0.178. The van der Waals surface area contributed by atoms with Gasteiger partial charge in [0.15, 0.2) is 0 Å². The number of nitrogens with one attached hydrogen (secondary N) is 1. The zero-order valence-corrected chi connectivity index (χ0v) is 12.6. The zero-order chi connectivity index (χ0) is 14.7. The van der Waals surface area contributed by atoms with E-state index in [1.54, 1.807) is 19.1 Å². The Bertz CT molecular complexity index is 611. The Labute approximate surface area is 124 Å². The number of aryl methyl sites for hydroxylation is 1. The van der Waals surface area contributed by atoms with Gasteiger partial charge in [0.25, 0.3) is 0 Å². The number of benzene rings is 2. The molecule has 2 aromatic carbocycles. The van der Waals surface area contributed by atoms with Crippen LogP contribution in [-0.2, 0) is 6.54 Å². The lowest BCUT2D eigenvalue weighted by Gasteiger charge is -2.20. The van der Waals surface area contributed by atoms with Gasteiger partial charge in [-0.2, -0.15) is 0 Å². The van der Waals surface area contributed by atoms with Crippen LogP contribution in [0.4, 0.5) is 15.8 Å². The van der Waals surface area contributed by atoms with E-state index in [1.165, 1.54) is 0 Å². The van der Waals surface area contributed by atoms with Gasteiger partial charge in [-0.3, -0.25) is 0 Å². The zero-order valence-electron chi connectivity index (χ0n) is 11.9. The number of hydrogen-bond acceptors (Lipinski definition) is 2. The maximum atomic E-state index is 13.5. The molecular formula is C16H18ClFN2. The molecule has 1 N–H and O–H groups in total. The number of anilines is 2. The highest BCUT2D eigenvalue weighted by Crippen LogP contribution is 2.32. The van der Waals surface area contributed by atoms with Crippen LogP contribution in [0.2, 0.25) is 5.02 Å². The quantitative estimate of drug-likeness (QED) is 0.894. The van der Waals surface area contributed by atoms with Crippen LogP contribution in [0.15, 0.2) is 36.4 Å². The fourth-order valence-electron chi connectivity index (χ4n) is 2.06. The van der Waals surface area contributed by atoms with Gasteiger partial charge in [-0.05, 0) is 36.2 Å². The van der Waals surface area contributed by atoms with Gasteiger partial charge >= 0.3 is 0 Å². The average Bonchev–Trinajstić information content (AvgIpc) is 2.39. The molecule has 0 spiro atoms. The third-order valence-electron chi connectivity index (χ3n) is 3.15. The molecule has 0 aliphatic heterocycles. The van der Waals surface area contributed by atoms with Crippen LogP contribution < -0.4 is 10.2 Å². The van der Waals surface area contributed by atoms with Crippen molar-refractivity contribution in [1.82, 2.24) is 0 Å². The Morgan fingerprint density at radius 1 is 1.20 bits per heavy atom. The molecule has 2 aromatic rings. The molecule has 0 aromatic heterocycles. The fraction of sp³-hybridized carbons (Fsp3) is 0.250. The first-order valence-corrected chi connectivity index (χ1v) is 6.81. The van der Waals surface area contributed by atoms with Gasteiger partial charge in [-0.25, -0.2) is 4.39 Å². The van der Waals surface area contributed by atoms with E-state index in [0.29, 0.717) is 17.1 Å². The first kappa shape index (κ1) is 14.7. The number of nitrogens with zero attached hydrogens (tertiary/aromatic N) is 1. The van der Waals surface area contributed by atoms with Crippen LogP contribution in [0, 0.1) is 12.7 Å². The minimum Gasteiger partial charge on any atom is -0.379 e. The molecule has 0 bridgehead atoms. The maximum absolute atomic E-state index is 13.5. The number of rotatable bonds is 4. The molecule has 0 atom stereocenters. The molecule has 0 unspecified atom stereocenters. The third-order valence-corrected chi connectivity index (χ3v) is 3.46. The molecule has 0 fully saturated rings. The van der Waals surface area contributed by atoms with Crippen molar-refractivity contribution in [2.24, 2.45) is 0 Å². The Balaban J connectivity index is 2.18. The summed E-state index contributed by atoms with van der Waals surface area (Å²) in [6.45, 7) is 2.31. The monoisotopic (exact) mass is 292 g/mol. The highest BCUT2D eigenvalue weighted by atomic mass is 35.5. The van der Waals surface area contributed by atoms with Crippen molar-refractivity contribution in [2.75, 3.05) is 24.3 Å². The molecule has 0 saturated heterocycles. The highest BCUT2D eigenvalue weighted by Gasteiger charge is 2.09. The third kappa shape index (κ3) is 3.23. The van der Waals surface area contributed by atoms with Gasteiger partial charge in [-0.1, -0.05) is 29.8 Å². The molecule has 106 valence electrons. The van der Waals surface area contributed by atoms with Crippen molar-refractivity contribution in [2.45, 2.75) is 13.5 Å². The van der Waals surface area contributed by atoms with Gasteiger partial charge in [0.2, 0.25) is 0 Å². The smallest absolute Gasteiger partial charge is 0.126 e. The molecule has 0 amide bonds. The van der Waals surface area contributed by atoms with E-state index in [9.17, 15) is 4.39 Å². The van der Waals surface area contributed by atoms with Gasteiger partial charge in [0.1, 0.15) is 5.82 Å². The summed E-state index contributed by atoms with van der Waals surface area (Å²) in [5.41, 5.74) is 3.42. The molecule has 0 aliphatic rings. The van der Waals surface area contributed by atoms with Crippen molar-refractivity contribution in [3.05, 3.63) is 58.4 Å². The van der Waals surface area contributed by atoms with Crippen LogP contribution in [0.25, 0.3) is 0 Å². The van der Waals surface area contributed by atoms with Crippen molar-refractivity contribution >= 4 is 23.0 Å². The van der Waals surface area contributed by atoms with Crippen LogP contribution in [-0.4, -0.2) is 14.1 Å². The standard InChI is InChI=1S/C16H18ClFN2/c1-11-7-8-12(9-14(11)18)10-19-15-6-4-5-13(17)16(15)20(2)3/h4-9,19H,10H2,1-3H3. The lowest BCUT2D eigenvalue weighted by atomic mass is 10.1. The topological polar surface area (TPSA) is 15.3 Å². The van der Waals surface area contributed by atoms with Crippen LogP contribution in [0.3, 0.4) is 0 Å². The van der Waals surface area contributed by atoms with Crippen molar-refractivity contribution in [3.8, 4) is 0 Å². The summed E-state index contributed by atoms with van der Waals surface area (Å²) in [7, 11) is 3.88. The number of halogens is 2. The summed E-state index contributed by atoms with van der Waals surface area (Å²) in [5, 5.41) is 4.00. The summed E-state index contributed by atoms with van der Waals surface area (Å²) in [6.07, 6.45) is 0. The average molecular weight is 293 g/mol. The van der Waals surface area contributed by atoms with E-state index in [2.05, 4.69) is 5.32 Å². The van der Waals surface area contributed by atoms with E-state index in [1.807, 2.05) is 43.3 Å². The minimum atomic E-state index is -0.178. The van der Waals surface area contributed by atoms with E-state index in [0.717, 1.165) is 16.9 Å². The summed E-state index contributed by atoms with van der Waals surface area (Å²) in [6, 6.07) is 11.0. The molecule has 2 nitrogen and oxygen atoms in total. The lowest BCUT2D eigenvalue weighted by molar-refractivity contribution is 0.616. The van der Waals surface area contributed by atoms with Crippen molar-refractivity contribution in [1.29, 1.82) is 0 Å². The molecular weight excluding hydrogens is 275 g/mol. The van der Waals surface area contributed by atoms with E-state index in [-0.39, 0.29) is 5.82 Å². The summed E-state index contributed by atoms with van der Waals surface area (Å²) < 4.78 is 13.5. The van der Waals surface area contributed by atoms with E-state index in [4.69, 9.17) is 11.6 Å². The second kappa shape index (κ2) is 6.14. The first-order valence-electron chi connectivity index (χ1n) is 6.44. The molecule has 0 saturated carbocycles. The Hall–Kier alpha value is -1.74. The molecule has 4 heteroatoms. The first-order chi connectivity index (χ1) is 9.49. The highest BCUT2D eigenvalue weighted by molar-refractivity contribution is 6.34. The molecule has 0 heterocycles. The maximum Gasteiger partial charge on any atom is 0.126 e. The second-order valence-corrected chi connectivity index (χ2v) is 5.37. The second-order valence-electron chi connectivity index (χ2n) is 4.97. The lowest BCUT2D eigenvalue weighted by Crippen LogP contribution is -2.12. The number of hydrogen-bond donors (Lipinski definition) is 1. The van der Waals surface area contributed by atoms with Gasteiger partial charge in [0, 0.05) is 20.6 Å². The fourth-order valence-corrected chi connectivity index (χ4v) is 2.40. The van der Waals surface area contributed by atoms with Gasteiger partial charge in [0.05, 0.1) is 16.4 Å². The van der Waals surface area contributed by atoms with Crippen LogP contribution >= 0.6 is 11.6 Å². The van der Waals surface area contributed by atoms with Gasteiger partial charge in [-0.15, -0.1) is 0 Å². The molecule has 20 heavy (non-hydrogen) atoms.